The minimum Gasteiger partial charge on any atom is -0.287 e. The van der Waals surface area contributed by atoms with Gasteiger partial charge in [0.05, 0.1) is 0 Å². The molecule has 0 spiro atoms. The third-order valence-corrected chi connectivity index (χ3v) is 4.37. The highest BCUT2D eigenvalue weighted by Crippen LogP contribution is 2.36. The molecule has 0 bridgehead atoms. The Kier molecular flexibility index (Phi) is 5.64. The summed E-state index contributed by atoms with van der Waals surface area (Å²) in [5, 5.41) is 0.334. The molecule has 2 heteroatoms. The molecule has 72 valence electrons. The fourth-order valence-corrected chi connectivity index (χ4v) is 2.34. The van der Waals surface area contributed by atoms with Crippen LogP contribution in [-0.4, -0.2) is 9.86 Å². The lowest BCUT2D eigenvalue weighted by Gasteiger charge is -2.28. The first-order chi connectivity index (χ1) is 5.64. The summed E-state index contributed by atoms with van der Waals surface area (Å²) in [6.45, 7) is 8.44. The van der Waals surface area contributed by atoms with Crippen molar-refractivity contribution >= 4 is 16.9 Å². The number of thioether (sulfide) groups is 1. The highest BCUT2D eigenvalue weighted by molar-refractivity contribution is 8.14. The van der Waals surface area contributed by atoms with E-state index in [1.807, 2.05) is 6.92 Å². The fourth-order valence-electron chi connectivity index (χ4n) is 1.28. The number of carbonyl (C=O) groups is 1. The molecule has 0 N–H and O–H groups in total. The van der Waals surface area contributed by atoms with Gasteiger partial charge in [-0.25, -0.2) is 0 Å². The number of hydrogen-bond acceptors (Lipinski definition) is 2. The van der Waals surface area contributed by atoms with E-state index in [0.29, 0.717) is 11.5 Å². The topological polar surface area (TPSA) is 17.1 Å². The van der Waals surface area contributed by atoms with E-state index in [1.54, 1.807) is 11.8 Å². The zero-order valence-corrected chi connectivity index (χ0v) is 9.46. The van der Waals surface area contributed by atoms with E-state index in [2.05, 4.69) is 20.8 Å². The van der Waals surface area contributed by atoms with Gasteiger partial charge in [-0.1, -0.05) is 39.5 Å². The molecule has 0 aromatic carbocycles. The van der Waals surface area contributed by atoms with Gasteiger partial charge < -0.3 is 0 Å². The quantitative estimate of drug-likeness (QED) is 0.655. The highest BCUT2D eigenvalue weighted by atomic mass is 32.2. The van der Waals surface area contributed by atoms with E-state index >= 15 is 0 Å². The molecule has 0 aromatic rings. The van der Waals surface area contributed by atoms with E-state index in [0.717, 1.165) is 19.3 Å². The van der Waals surface area contributed by atoms with Crippen molar-refractivity contribution in [2.24, 2.45) is 0 Å². The van der Waals surface area contributed by atoms with Crippen molar-refractivity contribution in [3.05, 3.63) is 0 Å². The Morgan fingerprint density at radius 1 is 1.08 bits per heavy atom. The van der Waals surface area contributed by atoms with Crippen molar-refractivity contribution in [2.45, 2.75) is 58.1 Å². The summed E-state index contributed by atoms with van der Waals surface area (Å²) in [5.41, 5.74) is 0. The molecule has 0 saturated carbocycles. The van der Waals surface area contributed by atoms with E-state index in [4.69, 9.17) is 0 Å². The average Bonchev–Trinajstić information content (AvgIpc) is 2.14. The maximum Gasteiger partial charge on any atom is 0.189 e. The minimum absolute atomic E-state index is 0.215. The highest BCUT2D eigenvalue weighted by Gasteiger charge is 2.26. The van der Waals surface area contributed by atoms with Gasteiger partial charge in [0.25, 0.3) is 0 Å². The monoisotopic (exact) mass is 188 g/mol. The normalized spacial score (nSPS) is 11.7. The lowest BCUT2D eigenvalue weighted by Crippen LogP contribution is -2.23. The molecule has 1 nitrogen and oxygen atoms in total. The molecule has 0 rings (SSSR count). The summed E-state index contributed by atoms with van der Waals surface area (Å²) in [4.78, 5) is 11.3. The zero-order chi connectivity index (χ0) is 9.61. The van der Waals surface area contributed by atoms with Gasteiger partial charge in [-0.15, -0.1) is 0 Å². The summed E-state index contributed by atoms with van der Waals surface area (Å²) in [6.07, 6.45) is 3.94. The molecule has 0 fully saturated rings. The molecule has 0 atom stereocenters. The predicted molar refractivity (Wildman–Crippen MR) is 56.5 cm³/mol. The van der Waals surface area contributed by atoms with Crippen molar-refractivity contribution in [3.8, 4) is 0 Å². The number of hydrogen-bond donors (Lipinski definition) is 0. The van der Waals surface area contributed by atoms with Gasteiger partial charge in [-0.3, -0.25) is 4.79 Å². The van der Waals surface area contributed by atoms with Gasteiger partial charge in [0.15, 0.2) is 5.12 Å². The Labute approximate surface area is 80.3 Å². The van der Waals surface area contributed by atoms with Crippen molar-refractivity contribution in [1.82, 2.24) is 0 Å². The van der Waals surface area contributed by atoms with Crippen LogP contribution in [0.25, 0.3) is 0 Å². The van der Waals surface area contributed by atoms with Crippen molar-refractivity contribution in [1.29, 1.82) is 0 Å². The molecule has 0 heterocycles. The molecule has 0 aliphatic carbocycles. The molecule has 12 heavy (non-hydrogen) atoms. The minimum atomic E-state index is 0.215. The van der Waals surface area contributed by atoms with Crippen LogP contribution in [0.1, 0.15) is 53.4 Å². The lowest BCUT2D eigenvalue weighted by atomic mass is 9.99. The van der Waals surface area contributed by atoms with Crippen molar-refractivity contribution in [3.63, 3.8) is 0 Å². The Hall–Kier alpha value is 0.0200. The van der Waals surface area contributed by atoms with Crippen LogP contribution in [-0.2, 0) is 4.79 Å². The molecule has 0 aliphatic rings. The van der Waals surface area contributed by atoms with Crippen LogP contribution in [0.15, 0.2) is 0 Å². The SMILES string of the molecule is CCC(=O)SC(CC)(CC)CC. The van der Waals surface area contributed by atoms with Crippen molar-refractivity contribution in [2.75, 3.05) is 0 Å². The lowest BCUT2D eigenvalue weighted by molar-refractivity contribution is -0.110. The largest absolute Gasteiger partial charge is 0.287 e. The van der Waals surface area contributed by atoms with Crippen LogP contribution in [0, 0.1) is 0 Å². The van der Waals surface area contributed by atoms with Crippen molar-refractivity contribution < 1.29 is 4.79 Å². The molecule has 0 aliphatic heterocycles. The predicted octanol–water partition coefficient (Wildman–Crippen LogP) is 3.63. The second-order valence-corrected chi connectivity index (χ2v) is 4.60. The second kappa shape index (κ2) is 5.63. The van der Waals surface area contributed by atoms with E-state index in [-0.39, 0.29) is 4.75 Å². The van der Waals surface area contributed by atoms with Crippen LogP contribution in [0.5, 0.6) is 0 Å². The fraction of sp³-hybridized carbons (Fsp3) is 0.900. The molecule has 0 radical (unpaired) electrons. The molecular formula is C10H20OS. The molecule has 0 saturated heterocycles. The molecular weight excluding hydrogens is 168 g/mol. The van der Waals surface area contributed by atoms with Gasteiger partial charge in [0.1, 0.15) is 0 Å². The van der Waals surface area contributed by atoms with E-state index in [1.165, 1.54) is 0 Å². The summed E-state index contributed by atoms with van der Waals surface area (Å²) in [6, 6.07) is 0. The first-order valence-corrected chi connectivity index (χ1v) is 5.67. The summed E-state index contributed by atoms with van der Waals surface area (Å²) in [7, 11) is 0. The number of carbonyl (C=O) groups excluding carboxylic acids is 1. The van der Waals surface area contributed by atoms with Crippen LogP contribution in [0.2, 0.25) is 0 Å². The van der Waals surface area contributed by atoms with Gasteiger partial charge in [0.2, 0.25) is 0 Å². The van der Waals surface area contributed by atoms with E-state index < -0.39 is 0 Å². The Bertz CT molecular complexity index is 131. The maximum absolute atomic E-state index is 11.3. The zero-order valence-electron chi connectivity index (χ0n) is 8.64. The van der Waals surface area contributed by atoms with Gasteiger partial charge in [-0.05, 0) is 19.3 Å². The first kappa shape index (κ1) is 12.0. The third kappa shape index (κ3) is 3.18. The summed E-state index contributed by atoms with van der Waals surface area (Å²) in [5.74, 6) is 0. The Morgan fingerprint density at radius 2 is 1.50 bits per heavy atom. The third-order valence-electron chi connectivity index (χ3n) is 2.55. The van der Waals surface area contributed by atoms with E-state index in [9.17, 15) is 4.79 Å². The average molecular weight is 188 g/mol. The Morgan fingerprint density at radius 3 is 1.75 bits per heavy atom. The van der Waals surface area contributed by atoms with Crippen LogP contribution in [0.4, 0.5) is 0 Å². The standard InChI is InChI=1S/C10H20OS/c1-5-9(11)12-10(6-2,7-3)8-4/h5-8H2,1-4H3. The molecule has 0 amide bonds. The first-order valence-electron chi connectivity index (χ1n) is 4.86. The molecule has 0 unspecified atom stereocenters. The maximum atomic E-state index is 11.3. The summed E-state index contributed by atoms with van der Waals surface area (Å²) < 4.78 is 0.215. The Balaban J connectivity index is 4.19. The van der Waals surface area contributed by atoms with Crippen LogP contribution < -0.4 is 0 Å². The van der Waals surface area contributed by atoms with Gasteiger partial charge in [0, 0.05) is 11.2 Å². The summed E-state index contributed by atoms with van der Waals surface area (Å²) >= 11 is 1.55. The molecule has 0 aromatic heterocycles. The van der Waals surface area contributed by atoms with Gasteiger partial charge in [-0.2, -0.15) is 0 Å². The van der Waals surface area contributed by atoms with Crippen LogP contribution >= 0.6 is 11.8 Å². The van der Waals surface area contributed by atoms with Crippen LogP contribution in [0.3, 0.4) is 0 Å². The smallest absolute Gasteiger partial charge is 0.189 e. The number of rotatable bonds is 5. The van der Waals surface area contributed by atoms with Gasteiger partial charge >= 0.3 is 0 Å². The second-order valence-electron chi connectivity index (χ2n) is 3.07.